The second-order valence-corrected chi connectivity index (χ2v) is 7.05. The molecule has 1 aliphatic rings. The van der Waals surface area contributed by atoms with Crippen LogP contribution in [-0.4, -0.2) is 45.1 Å². The maximum atomic E-state index is 12.5. The molecule has 6 heteroatoms. The van der Waals surface area contributed by atoms with Crippen LogP contribution in [-0.2, 0) is 14.8 Å². The van der Waals surface area contributed by atoms with Crippen molar-refractivity contribution in [1.29, 1.82) is 0 Å². The molecule has 0 N–H and O–H groups in total. The quantitative estimate of drug-likeness (QED) is 0.851. The van der Waals surface area contributed by atoms with Gasteiger partial charge in [0.2, 0.25) is 10.0 Å². The Hall–Kier alpha value is -1.11. The number of hydrogen-bond acceptors (Lipinski definition) is 4. The highest BCUT2D eigenvalue weighted by Crippen LogP contribution is 2.25. The standard InChI is InChI=1S/C14H21NO4S/c1-11(2)19-14-5-4-13(10-12(14)3)20(16,17)15-6-8-18-9-7-15/h4-5,10-11H,6-9H2,1-3H3. The van der Waals surface area contributed by atoms with Crippen LogP contribution in [0.4, 0.5) is 0 Å². The van der Waals surface area contributed by atoms with Crippen molar-refractivity contribution in [1.82, 2.24) is 4.31 Å². The molecule has 1 fully saturated rings. The fraction of sp³-hybridized carbons (Fsp3) is 0.571. The molecule has 0 unspecified atom stereocenters. The lowest BCUT2D eigenvalue weighted by atomic mass is 10.2. The minimum atomic E-state index is -3.43. The zero-order valence-electron chi connectivity index (χ0n) is 12.1. The third-order valence-corrected chi connectivity index (χ3v) is 5.01. The smallest absolute Gasteiger partial charge is 0.243 e. The Balaban J connectivity index is 2.26. The number of aryl methyl sites for hydroxylation is 1. The molecule has 1 aromatic rings. The van der Waals surface area contributed by atoms with Crippen molar-refractivity contribution in [2.45, 2.75) is 31.8 Å². The van der Waals surface area contributed by atoms with Gasteiger partial charge >= 0.3 is 0 Å². The minimum Gasteiger partial charge on any atom is -0.491 e. The maximum Gasteiger partial charge on any atom is 0.243 e. The molecule has 0 atom stereocenters. The molecule has 0 bridgehead atoms. The first-order chi connectivity index (χ1) is 9.41. The van der Waals surface area contributed by atoms with Gasteiger partial charge in [-0.15, -0.1) is 0 Å². The Labute approximate surface area is 120 Å². The number of nitrogens with zero attached hydrogens (tertiary/aromatic N) is 1. The van der Waals surface area contributed by atoms with Crippen LogP contribution in [0.3, 0.4) is 0 Å². The average molecular weight is 299 g/mol. The summed E-state index contributed by atoms with van der Waals surface area (Å²) in [5.41, 5.74) is 0.827. The van der Waals surface area contributed by atoms with E-state index in [1.54, 1.807) is 18.2 Å². The van der Waals surface area contributed by atoms with Crippen molar-refractivity contribution in [2.75, 3.05) is 26.3 Å². The van der Waals surface area contributed by atoms with Crippen molar-refractivity contribution >= 4 is 10.0 Å². The van der Waals surface area contributed by atoms with Crippen LogP contribution in [0.25, 0.3) is 0 Å². The monoisotopic (exact) mass is 299 g/mol. The second kappa shape index (κ2) is 6.11. The van der Waals surface area contributed by atoms with Gasteiger partial charge in [-0.05, 0) is 44.5 Å². The van der Waals surface area contributed by atoms with Gasteiger partial charge in [-0.2, -0.15) is 4.31 Å². The summed E-state index contributed by atoms with van der Waals surface area (Å²) in [5.74, 6) is 0.723. The van der Waals surface area contributed by atoms with Crippen LogP contribution in [0.5, 0.6) is 5.75 Å². The van der Waals surface area contributed by atoms with Gasteiger partial charge in [0.1, 0.15) is 5.75 Å². The van der Waals surface area contributed by atoms with Gasteiger partial charge < -0.3 is 9.47 Å². The van der Waals surface area contributed by atoms with Gasteiger partial charge in [0.25, 0.3) is 0 Å². The van der Waals surface area contributed by atoms with Gasteiger partial charge in [0.05, 0.1) is 24.2 Å². The molecular formula is C14H21NO4S. The van der Waals surface area contributed by atoms with E-state index in [4.69, 9.17) is 9.47 Å². The highest BCUT2D eigenvalue weighted by molar-refractivity contribution is 7.89. The largest absolute Gasteiger partial charge is 0.491 e. The van der Waals surface area contributed by atoms with Crippen molar-refractivity contribution in [2.24, 2.45) is 0 Å². The number of rotatable bonds is 4. The summed E-state index contributed by atoms with van der Waals surface area (Å²) in [6, 6.07) is 5.00. The first kappa shape index (κ1) is 15.3. The lowest BCUT2D eigenvalue weighted by Crippen LogP contribution is -2.40. The molecule has 1 saturated heterocycles. The molecular weight excluding hydrogens is 278 g/mol. The zero-order valence-corrected chi connectivity index (χ0v) is 12.9. The summed E-state index contributed by atoms with van der Waals surface area (Å²) in [5, 5.41) is 0. The van der Waals surface area contributed by atoms with Crippen molar-refractivity contribution in [3.05, 3.63) is 23.8 Å². The number of hydrogen-bond donors (Lipinski definition) is 0. The topological polar surface area (TPSA) is 55.8 Å². The minimum absolute atomic E-state index is 0.0652. The first-order valence-electron chi connectivity index (χ1n) is 6.76. The molecule has 0 aromatic heterocycles. The fourth-order valence-electron chi connectivity index (χ4n) is 2.10. The Morgan fingerprint density at radius 1 is 1.25 bits per heavy atom. The Kier molecular flexibility index (Phi) is 4.67. The first-order valence-corrected chi connectivity index (χ1v) is 8.20. The van der Waals surface area contributed by atoms with E-state index in [0.29, 0.717) is 31.2 Å². The normalized spacial score (nSPS) is 17.4. The molecule has 2 rings (SSSR count). The van der Waals surface area contributed by atoms with E-state index in [1.807, 2.05) is 20.8 Å². The summed E-state index contributed by atoms with van der Waals surface area (Å²) >= 11 is 0. The van der Waals surface area contributed by atoms with Crippen molar-refractivity contribution in [3.63, 3.8) is 0 Å². The van der Waals surface area contributed by atoms with Crippen LogP contribution in [0, 0.1) is 6.92 Å². The summed E-state index contributed by atoms with van der Waals surface area (Å²) in [6.45, 7) is 7.46. The molecule has 0 saturated carbocycles. The van der Waals surface area contributed by atoms with E-state index in [0.717, 1.165) is 11.3 Å². The van der Waals surface area contributed by atoms with E-state index in [1.165, 1.54) is 4.31 Å². The molecule has 5 nitrogen and oxygen atoms in total. The lowest BCUT2D eigenvalue weighted by Gasteiger charge is -2.26. The summed E-state index contributed by atoms with van der Waals surface area (Å²) in [7, 11) is -3.43. The maximum absolute atomic E-state index is 12.5. The summed E-state index contributed by atoms with van der Waals surface area (Å²) < 4.78 is 37.3. The summed E-state index contributed by atoms with van der Waals surface area (Å²) in [4.78, 5) is 0.313. The van der Waals surface area contributed by atoms with E-state index in [2.05, 4.69) is 0 Å². The molecule has 1 aliphatic heterocycles. The molecule has 0 spiro atoms. The summed E-state index contributed by atoms with van der Waals surface area (Å²) in [6.07, 6.45) is 0.0652. The molecule has 20 heavy (non-hydrogen) atoms. The van der Waals surface area contributed by atoms with Crippen LogP contribution in [0.1, 0.15) is 19.4 Å². The Morgan fingerprint density at radius 3 is 2.45 bits per heavy atom. The van der Waals surface area contributed by atoms with Crippen molar-refractivity contribution < 1.29 is 17.9 Å². The van der Waals surface area contributed by atoms with E-state index < -0.39 is 10.0 Å². The van der Waals surface area contributed by atoms with Gasteiger partial charge in [-0.1, -0.05) is 0 Å². The lowest BCUT2D eigenvalue weighted by molar-refractivity contribution is 0.0730. The van der Waals surface area contributed by atoms with Gasteiger partial charge in [-0.3, -0.25) is 0 Å². The number of benzene rings is 1. The van der Waals surface area contributed by atoms with Crippen LogP contribution in [0.15, 0.2) is 23.1 Å². The van der Waals surface area contributed by atoms with Gasteiger partial charge in [0, 0.05) is 13.1 Å². The average Bonchev–Trinajstić information content (AvgIpc) is 2.41. The number of morpholine rings is 1. The number of ether oxygens (including phenoxy) is 2. The molecule has 1 aromatic carbocycles. The van der Waals surface area contributed by atoms with Crippen LogP contribution >= 0.6 is 0 Å². The van der Waals surface area contributed by atoms with E-state index in [9.17, 15) is 8.42 Å². The second-order valence-electron chi connectivity index (χ2n) is 5.11. The van der Waals surface area contributed by atoms with E-state index in [-0.39, 0.29) is 6.10 Å². The van der Waals surface area contributed by atoms with Crippen LogP contribution < -0.4 is 4.74 Å². The fourth-order valence-corrected chi connectivity index (χ4v) is 3.60. The number of sulfonamides is 1. The van der Waals surface area contributed by atoms with Gasteiger partial charge in [-0.25, -0.2) is 8.42 Å². The molecule has 0 radical (unpaired) electrons. The van der Waals surface area contributed by atoms with E-state index >= 15 is 0 Å². The molecule has 0 amide bonds. The zero-order chi connectivity index (χ0) is 14.8. The third kappa shape index (κ3) is 3.31. The highest BCUT2D eigenvalue weighted by Gasteiger charge is 2.26. The Bertz CT molecular complexity index is 563. The predicted octanol–water partition coefficient (Wildman–Crippen LogP) is 1.80. The highest BCUT2D eigenvalue weighted by atomic mass is 32.2. The van der Waals surface area contributed by atoms with Crippen LogP contribution in [0.2, 0.25) is 0 Å². The third-order valence-electron chi connectivity index (χ3n) is 3.12. The SMILES string of the molecule is Cc1cc(S(=O)(=O)N2CCOCC2)ccc1OC(C)C. The predicted molar refractivity (Wildman–Crippen MR) is 76.5 cm³/mol. The van der Waals surface area contributed by atoms with Crippen molar-refractivity contribution in [3.8, 4) is 5.75 Å². The Morgan fingerprint density at radius 2 is 1.90 bits per heavy atom. The molecule has 1 heterocycles. The van der Waals surface area contributed by atoms with Gasteiger partial charge in [0.15, 0.2) is 0 Å². The molecule has 0 aliphatic carbocycles. The molecule has 112 valence electrons.